The van der Waals surface area contributed by atoms with Gasteiger partial charge in [0.1, 0.15) is 12.0 Å². The molecule has 0 spiro atoms. The number of imide groups is 2. The highest BCUT2D eigenvalue weighted by atomic mass is 16.5. The fourth-order valence-electron chi connectivity index (χ4n) is 7.01. The average molecular weight is 585 g/mol. The lowest BCUT2D eigenvalue weighted by atomic mass is 9.75. The highest BCUT2D eigenvalue weighted by Gasteiger charge is 2.56. The van der Waals surface area contributed by atoms with Gasteiger partial charge in [0.25, 0.3) is 5.56 Å². The lowest BCUT2D eigenvalue weighted by Gasteiger charge is -2.48. The van der Waals surface area contributed by atoms with E-state index in [2.05, 4.69) is 4.90 Å². The van der Waals surface area contributed by atoms with Gasteiger partial charge in [-0.05, 0) is 48.1 Å². The molecule has 2 atom stereocenters. The monoisotopic (exact) mass is 584 g/mol. The van der Waals surface area contributed by atoms with Crippen molar-refractivity contribution in [3.05, 3.63) is 93.9 Å². The van der Waals surface area contributed by atoms with Gasteiger partial charge in [-0.1, -0.05) is 42.5 Å². The van der Waals surface area contributed by atoms with Gasteiger partial charge in [0.2, 0.25) is 11.8 Å². The van der Waals surface area contributed by atoms with Crippen LogP contribution >= 0.6 is 0 Å². The number of ether oxygens (including phenoxy) is 2. The number of nitrogens with zero attached hydrogens (tertiary/aromatic N) is 4. The van der Waals surface area contributed by atoms with E-state index in [1.165, 1.54) is 14.1 Å². The summed E-state index contributed by atoms with van der Waals surface area (Å²) in [6.07, 6.45) is 1.04. The maximum absolute atomic E-state index is 14.0. The van der Waals surface area contributed by atoms with Crippen LogP contribution in [0.15, 0.2) is 71.5 Å². The van der Waals surface area contributed by atoms with Gasteiger partial charge in [-0.2, -0.15) is 0 Å². The van der Waals surface area contributed by atoms with Gasteiger partial charge in [0.15, 0.2) is 11.5 Å². The molecule has 0 aliphatic carbocycles. The number of aromatic nitrogens is 1. The van der Waals surface area contributed by atoms with Crippen LogP contribution in [0.1, 0.15) is 29.2 Å². The van der Waals surface area contributed by atoms with E-state index in [9.17, 15) is 19.2 Å². The first-order valence-corrected chi connectivity index (χ1v) is 14.6. The number of benzene rings is 2. The van der Waals surface area contributed by atoms with Crippen molar-refractivity contribution in [2.24, 2.45) is 11.3 Å². The van der Waals surface area contributed by atoms with Crippen LogP contribution in [0.2, 0.25) is 0 Å². The Kier molecular flexibility index (Phi) is 7.56. The number of piperidine rings is 1. The third-order valence-corrected chi connectivity index (χ3v) is 9.02. The molecule has 2 saturated heterocycles. The molecule has 4 heterocycles. The highest BCUT2D eigenvalue weighted by Crippen LogP contribution is 2.40. The molecule has 4 amide bonds. The first-order chi connectivity index (χ1) is 20.7. The third-order valence-electron chi connectivity index (χ3n) is 9.02. The third kappa shape index (κ3) is 5.20. The van der Waals surface area contributed by atoms with Gasteiger partial charge in [-0.25, -0.2) is 4.79 Å². The second-order valence-corrected chi connectivity index (χ2v) is 11.9. The van der Waals surface area contributed by atoms with Crippen molar-refractivity contribution in [1.29, 1.82) is 0 Å². The molecular formula is C33H36N4O6. The second-order valence-electron chi connectivity index (χ2n) is 11.9. The van der Waals surface area contributed by atoms with Crippen molar-refractivity contribution in [3.8, 4) is 11.5 Å². The lowest BCUT2D eigenvalue weighted by Crippen LogP contribution is -2.67. The summed E-state index contributed by atoms with van der Waals surface area (Å²) < 4.78 is 13.5. The molecule has 3 aliphatic heterocycles. The maximum atomic E-state index is 14.0. The molecule has 3 aromatic rings. The molecule has 0 saturated carbocycles. The number of pyridine rings is 1. The molecule has 10 heteroatoms. The van der Waals surface area contributed by atoms with Gasteiger partial charge < -0.3 is 18.9 Å². The summed E-state index contributed by atoms with van der Waals surface area (Å²) in [7, 11) is 4.42. The van der Waals surface area contributed by atoms with Crippen LogP contribution in [0, 0.1) is 11.3 Å². The van der Waals surface area contributed by atoms with Crippen LogP contribution < -0.4 is 15.0 Å². The molecule has 0 N–H and O–H groups in total. The first-order valence-electron chi connectivity index (χ1n) is 14.6. The van der Waals surface area contributed by atoms with E-state index >= 15 is 0 Å². The lowest BCUT2D eigenvalue weighted by molar-refractivity contribution is -0.159. The van der Waals surface area contributed by atoms with Gasteiger partial charge >= 0.3 is 6.03 Å². The maximum Gasteiger partial charge on any atom is 0.332 e. The standard InChI is InChI=1S/C33H36N4O6/c1-34-30(39)33(31(40)35(2)32(34)41,21-36-17-24-14-25(19-36)26-10-7-11-29(38)37(26)18-24)16-23-12-13-27(42-3)28(15-23)43-20-22-8-5-4-6-9-22/h4-13,15,24-25H,14,16-21H2,1-3H3. The van der Waals surface area contributed by atoms with Crippen LogP contribution in [0.5, 0.6) is 11.5 Å². The first kappa shape index (κ1) is 28.7. The Morgan fingerprint density at radius 3 is 2.28 bits per heavy atom. The number of likely N-dealkylation sites (tertiary alicyclic amines) is 1. The number of hydrogen-bond acceptors (Lipinski definition) is 7. The molecule has 1 aromatic heterocycles. The summed E-state index contributed by atoms with van der Waals surface area (Å²) in [6, 6.07) is 19.9. The number of hydrogen-bond donors (Lipinski definition) is 0. The average Bonchev–Trinajstić information content (AvgIpc) is 3.02. The minimum Gasteiger partial charge on any atom is -0.493 e. The zero-order valence-corrected chi connectivity index (χ0v) is 24.7. The fraction of sp³-hybridized carbons (Fsp3) is 0.394. The van der Waals surface area contributed by atoms with Gasteiger partial charge in [0, 0.05) is 58.0 Å². The highest BCUT2D eigenvalue weighted by molar-refractivity contribution is 6.19. The van der Waals surface area contributed by atoms with E-state index in [1.807, 2.05) is 53.1 Å². The predicted molar refractivity (Wildman–Crippen MR) is 159 cm³/mol. The van der Waals surface area contributed by atoms with Crippen molar-refractivity contribution in [2.75, 3.05) is 40.8 Å². The van der Waals surface area contributed by atoms with Crippen LogP contribution in [0.25, 0.3) is 0 Å². The number of carbonyl (C=O) groups excluding carboxylic acids is 3. The number of carbonyl (C=O) groups is 3. The van der Waals surface area contributed by atoms with Crippen molar-refractivity contribution in [2.45, 2.75) is 31.9 Å². The molecule has 2 unspecified atom stereocenters. The molecule has 10 nitrogen and oxygen atoms in total. The Labute approximate surface area is 250 Å². The molecule has 6 rings (SSSR count). The number of methoxy groups -OCH3 is 1. The minimum atomic E-state index is -1.52. The Balaban J connectivity index is 1.32. The number of barbiturate groups is 1. The summed E-state index contributed by atoms with van der Waals surface area (Å²) in [5.74, 6) is 0.335. The topological polar surface area (TPSA) is 101 Å². The predicted octanol–water partition coefficient (Wildman–Crippen LogP) is 3.13. The van der Waals surface area contributed by atoms with Crippen LogP contribution in [-0.2, 0) is 29.2 Å². The van der Waals surface area contributed by atoms with E-state index in [0.717, 1.165) is 33.0 Å². The zero-order chi connectivity index (χ0) is 30.3. The van der Waals surface area contributed by atoms with E-state index in [0.29, 0.717) is 37.7 Å². The van der Waals surface area contributed by atoms with Crippen LogP contribution in [0.3, 0.4) is 0 Å². The summed E-state index contributed by atoms with van der Waals surface area (Å²) in [4.78, 5) is 57.7. The zero-order valence-electron chi connectivity index (χ0n) is 24.7. The van der Waals surface area contributed by atoms with E-state index < -0.39 is 23.3 Å². The molecule has 2 bridgehead atoms. The number of fused-ring (bicyclic) bond motifs is 4. The number of urea groups is 1. The van der Waals surface area contributed by atoms with Gasteiger partial charge in [-0.15, -0.1) is 0 Å². The van der Waals surface area contributed by atoms with E-state index in [-0.39, 0.29) is 30.4 Å². The molecular weight excluding hydrogens is 548 g/mol. The summed E-state index contributed by atoms with van der Waals surface area (Å²) in [5, 5.41) is 0. The largest absolute Gasteiger partial charge is 0.493 e. The minimum absolute atomic E-state index is 0.00121. The molecule has 2 aromatic carbocycles. The normalized spacial score (nSPS) is 21.5. The molecule has 43 heavy (non-hydrogen) atoms. The van der Waals surface area contributed by atoms with Crippen molar-refractivity contribution in [1.82, 2.24) is 19.3 Å². The summed E-state index contributed by atoms with van der Waals surface area (Å²) in [6.45, 7) is 2.34. The van der Waals surface area contributed by atoms with E-state index in [4.69, 9.17) is 9.47 Å². The fourth-order valence-corrected chi connectivity index (χ4v) is 7.01. The molecule has 2 fully saturated rings. The molecule has 224 valence electrons. The second kappa shape index (κ2) is 11.3. The van der Waals surface area contributed by atoms with E-state index in [1.54, 1.807) is 25.3 Å². The van der Waals surface area contributed by atoms with Gasteiger partial charge in [0.05, 0.1) is 7.11 Å². The number of amides is 4. The number of rotatable bonds is 8. The Morgan fingerprint density at radius 2 is 1.56 bits per heavy atom. The van der Waals surface area contributed by atoms with Crippen LogP contribution in [-0.4, -0.2) is 78.0 Å². The SMILES string of the molecule is COc1ccc(CC2(CN3CC4CC(C3)c3cccc(=O)n3C4)C(=O)N(C)C(=O)N(C)C2=O)cc1OCc1ccccc1. The molecule has 0 radical (unpaired) electrons. The summed E-state index contributed by atoms with van der Waals surface area (Å²) in [5.41, 5.74) is 1.18. The van der Waals surface area contributed by atoms with Crippen molar-refractivity contribution >= 4 is 17.8 Å². The van der Waals surface area contributed by atoms with Gasteiger partial charge in [-0.3, -0.25) is 24.2 Å². The van der Waals surface area contributed by atoms with Crippen LogP contribution in [0.4, 0.5) is 4.79 Å². The smallest absolute Gasteiger partial charge is 0.332 e. The van der Waals surface area contributed by atoms with Crippen molar-refractivity contribution in [3.63, 3.8) is 0 Å². The Morgan fingerprint density at radius 1 is 0.814 bits per heavy atom. The quantitative estimate of drug-likeness (QED) is 0.375. The van der Waals surface area contributed by atoms with Crippen molar-refractivity contribution < 1.29 is 23.9 Å². The molecule has 3 aliphatic rings. The summed E-state index contributed by atoms with van der Waals surface area (Å²) >= 11 is 0. The Bertz CT molecular complexity index is 1600. The Hall–Kier alpha value is -4.44.